The Bertz CT molecular complexity index is 661. The molecule has 2 N–H and O–H groups in total. The summed E-state index contributed by atoms with van der Waals surface area (Å²) in [6.07, 6.45) is 0. The van der Waals surface area contributed by atoms with E-state index in [0.29, 0.717) is 33.8 Å². The van der Waals surface area contributed by atoms with Gasteiger partial charge in [-0.15, -0.1) is 0 Å². The van der Waals surface area contributed by atoms with Crippen LogP contribution in [-0.2, 0) is 11.4 Å². The first-order chi connectivity index (χ1) is 11.1. The van der Waals surface area contributed by atoms with Gasteiger partial charge in [0.1, 0.15) is 0 Å². The normalized spacial score (nSPS) is 10.2. The average molecular weight is 380 g/mol. The van der Waals surface area contributed by atoms with Gasteiger partial charge in [-0.2, -0.15) is 0 Å². The molecule has 0 aliphatic carbocycles. The van der Waals surface area contributed by atoms with Crippen LogP contribution in [0.1, 0.15) is 12.5 Å². The second kappa shape index (κ2) is 8.55. The monoisotopic (exact) mass is 379 g/mol. The van der Waals surface area contributed by atoms with Gasteiger partial charge in [0.15, 0.2) is 18.1 Å². The summed E-state index contributed by atoms with van der Waals surface area (Å²) in [5, 5.41) is 12.0. The molecule has 0 heterocycles. The third-order valence-electron chi connectivity index (χ3n) is 2.96. The van der Waals surface area contributed by atoms with Gasteiger partial charge in [0, 0.05) is 5.69 Å². The molecule has 2 aromatic rings. The lowest BCUT2D eigenvalue weighted by Crippen LogP contribution is -2.20. The van der Waals surface area contributed by atoms with Gasteiger partial charge in [-0.25, -0.2) is 0 Å². The third-order valence-corrected chi connectivity index (χ3v) is 3.55. The summed E-state index contributed by atoms with van der Waals surface area (Å²) in [5.74, 6) is 0.655. The molecule has 0 saturated carbocycles. The summed E-state index contributed by atoms with van der Waals surface area (Å²) in [4.78, 5) is 12.0. The van der Waals surface area contributed by atoms with Crippen LogP contribution < -0.4 is 14.8 Å². The molecular formula is C17H18BrNO4. The smallest absolute Gasteiger partial charge is 0.262 e. The van der Waals surface area contributed by atoms with E-state index >= 15 is 0 Å². The molecule has 0 aliphatic rings. The fourth-order valence-electron chi connectivity index (χ4n) is 1.97. The van der Waals surface area contributed by atoms with E-state index in [2.05, 4.69) is 21.2 Å². The molecule has 122 valence electrons. The number of benzene rings is 2. The first-order valence-corrected chi connectivity index (χ1v) is 7.97. The van der Waals surface area contributed by atoms with Gasteiger partial charge in [0.2, 0.25) is 0 Å². The number of amides is 1. The number of para-hydroxylation sites is 1. The molecule has 0 atom stereocenters. The zero-order chi connectivity index (χ0) is 16.7. The SMILES string of the molecule is CCOc1cc(CO)cc(Br)c1OCC(=O)Nc1ccccc1. The summed E-state index contributed by atoms with van der Waals surface area (Å²) in [5.41, 5.74) is 1.40. The molecule has 1 amide bonds. The zero-order valence-corrected chi connectivity index (χ0v) is 14.3. The number of hydrogen-bond acceptors (Lipinski definition) is 4. The minimum absolute atomic E-state index is 0.104. The summed E-state index contributed by atoms with van der Waals surface area (Å²) >= 11 is 3.38. The molecule has 2 aromatic carbocycles. The predicted molar refractivity (Wildman–Crippen MR) is 91.8 cm³/mol. The number of anilines is 1. The van der Waals surface area contributed by atoms with Gasteiger partial charge in [0.25, 0.3) is 5.91 Å². The first-order valence-electron chi connectivity index (χ1n) is 7.17. The molecule has 23 heavy (non-hydrogen) atoms. The van der Waals surface area contributed by atoms with Crippen LogP contribution >= 0.6 is 15.9 Å². The highest BCUT2D eigenvalue weighted by molar-refractivity contribution is 9.10. The lowest BCUT2D eigenvalue weighted by Gasteiger charge is -2.15. The number of hydrogen-bond donors (Lipinski definition) is 2. The van der Waals surface area contributed by atoms with Crippen LogP contribution in [0.3, 0.4) is 0 Å². The molecule has 0 radical (unpaired) electrons. The van der Waals surface area contributed by atoms with Crippen LogP contribution in [0.25, 0.3) is 0 Å². The van der Waals surface area contributed by atoms with Crippen LogP contribution in [0, 0.1) is 0 Å². The number of halogens is 1. The van der Waals surface area contributed by atoms with Gasteiger partial charge in [-0.1, -0.05) is 18.2 Å². The first kappa shape index (κ1) is 17.3. The number of ether oxygens (including phenoxy) is 2. The second-order valence-corrected chi connectivity index (χ2v) is 5.55. The van der Waals surface area contributed by atoms with Crippen molar-refractivity contribution in [2.75, 3.05) is 18.5 Å². The molecule has 0 spiro atoms. The molecule has 0 saturated heterocycles. The molecule has 5 nitrogen and oxygen atoms in total. The Morgan fingerprint density at radius 3 is 2.61 bits per heavy atom. The molecule has 0 aromatic heterocycles. The van der Waals surface area contributed by atoms with Gasteiger partial charge >= 0.3 is 0 Å². The van der Waals surface area contributed by atoms with E-state index < -0.39 is 0 Å². The maximum atomic E-state index is 12.0. The molecule has 0 aliphatic heterocycles. The summed E-state index contributed by atoms with van der Waals surface area (Å²) in [6.45, 7) is 2.05. The van der Waals surface area contributed by atoms with E-state index in [4.69, 9.17) is 9.47 Å². The van der Waals surface area contributed by atoms with Gasteiger partial charge < -0.3 is 19.9 Å². The molecule has 2 rings (SSSR count). The average Bonchev–Trinajstić information content (AvgIpc) is 2.55. The van der Waals surface area contributed by atoms with Crippen molar-refractivity contribution >= 4 is 27.5 Å². The van der Waals surface area contributed by atoms with Crippen LogP contribution in [-0.4, -0.2) is 24.2 Å². The number of carbonyl (C=O) groups excluding carboxylic acids is 1. The van der Waals surface area contributed by atoms with Crippen molar-refractivity contribution in [1.29, 1.82) is 0 Å². The van der Waals surface area contributed by atoms with Gasteiger partial charge in [-0.05, 0) is 52.7 Å². The molecule has 6 heteroatoms. The van der Waals surface area contributed by atoms with E-state index in [1.807, 2.05) is 25.1 Å². The van der Waals surface area contributed by atoms with E-state index in [1.165, 1.54) is 0 Å². The van der Waals surface area contributed by atoms with E-state index in [9.17, 15) is 9.90 Å². The number of carbonyl (C=O) groups is 1. The zero-order valence-electron chi connectivity index (χ0n) is 12.7. The van der Waals surface area contributed by atoms with Gasteiger partial charge in [-0.3, -0.25) is 4.79 Å². The largest absolute Gasteiger partial charge is 0.490 e. The highest BCUT2D eigenvalue weighted by Gasteiger charge is 2.14. The highest BCUT2D eigenvalue weighted by atomic mass is 79.9. The molecule has 0 unspecified atom stereocenters. The van der Waals surface area contributed by atoms with Crippen molar-refractivity contribution in [3.63, 3.8) is 0 Å². The van der Waals surface area contributed by atoms with Crippen molar-refractivity contribution in [1.82, 2.24) is 0 Å². The highest BCUT2D eigenvalue weighted by Crippen LogP contribution is 2.37. The summed E-state index contributed by atoms with van der Waals surface area (Å²) in [7, 11) is 0. The Labute approximate surface area is 143 Å². The number of aliphatic hydroxyl groups excluding tert-OH is 1. The van der Waals surface area contributed by atoms with Crippen LogP contribution in [0.15, 0.2) is 46.9 Å². The third kappa shape index (κ3) is 4.97. The van der Waals surface area contributed by atoms with Crippen molar-refractivity contribution in [2.24, 2.45) is 0 Å². The Kier molecular flexibility index (Phi) is 6.43. The van der Waals surface area contributed by atoms with Crippen LogP contribution in [0.5, 0.6) is 11.5 Å². The lowest BCUT2D eigenvalue weighted by atomic mass is 10.2. The summed E-state index contributed by atoms with van der Waals surface area (Å²) in [6, 6.07) is 12.6. The van der Waals surface area contributed by atoms with Crippen molar-refractivity contribution < 1.29 is 19.4 Å². The summed E-state index contributed by atoms with van der Waals surface area (Å²) < 4.78 is 11.7. The molecule has 0 bridgehead atoms. The maximum absolute atomic E-state index is 12.0. The Morgan fingerprint density at radius 2 is 1.96 bits per heavy atom. The topological polar surface area (TPSA) is 67.8 Å². The van der Waals surface area contributed by atoms with Gasteiger partial charge in [0.05, 0.1) is 17.7 Å². The quantitative estimate of drug-likeness (QED) is 0.773. The fraction of sp³-hybridized carbons (Fsp3) is 0.235. The minimum atomic E-state index is -0.267. The molecule has 0 fully saturated rings. The standard InChI is InChI=1S/C17H18BrNO4/c1-2-22-15-9-12(10-20)8-14(18)17(15)23-11-16(21)19-13-6-4-3-5-7-13/h3-9,20H,2,10-11H2,1H3,(H,19,21). The van der Waals surface area contributed by atoms with E-state index in [1.54, 1.807) is 24.3 Å². The fourth-order valence-corrected chi connectivity index (χ4v) is 2.58. The Balaban J connectivity index is 2.05. The number of nitrogens with one attached hydrogen (secondary N) is 1. The van der Waals surface area contributed by atoms with Crippen molar-refractivity contribution in [3.8, 4) is 11.5 Å². The Hall–Kier alpha value is -2.05. The van der Waals surface area contributed by atoms with Crippen molar-refractivity contribution in [2.45, 2.75) is 13.5 Å². The van der Waals surface area contributed by atoms with E-state index in [-0.39, 0.29) is 19.1 Å². The predicted octanol–water partition coefficient (Wildman–Crippen LogP) is 3.36. The number of aliphatic hydroxyl groups is 1. The lowest BCUT2D eigenvalue weighted by molar-refractivity contribution is -0.118. The number of rotatable bonds is 7. The van der Waals surface area contributed by atoms with Crippen molar-refractivity contribution in [3.05, 3.63) is 52.5 Å². The Morgan fingerprint density at radius 1 is 1.22 bits per heavy atom. The van der Waals surface area contributed by atoms with Crippen LogP contribution in [0.4, 0.5) is 5.69 Å². The molecular weight excluding hydrogens is 362 g/mol. The van der Waals surface area contributed by atoms with Crippen LogP contribution in [0.2, 0.25) is 0 Å². The second-order valence-electron chi connectivity index (χ2n) is 4.70. The minimum Gasteiger partial charge on any atom is -0.490 e. The van der Waals surface area contributed by atoms with E-state index in [0.717, 1.165) is 0 Å². The maximum Gasteiger partial charge on any atom is 0.262 e.